The maximum Gasteiger partial charge on any atom is 0.338 e. The van der Waals surface area contributed by atoms with E-state index in [1.807, 2.05) is 0 Å². The van der Waals surface area contributed by atoms with Crippen molar-refractivity contribution in [1.82, 2.24) is 0 Å². The quantitative estimate of drug-likeness (QED) is 0.547. The van der Waals surface area contributed by atoms with E-state index in [1.165, 1.54) is 0 Å². The molecule has 0 aliphatic carbocycles. The summed E-state index contributed by atoms with van der Waals surface area (Å²) in [7, 11) is 1.68. The maximum absolute atomic E-state index is 13.2. The molecule has 0 heterocycles. The summed E-state index contributed by atoms with van der Waals surface area (Å²) in [6.07, 6.45) is -0.932. The second-order valence-corrected chi connectivity index (χ2v) is 4.67. The number of hydrogen-bond donors (Lipinski definition) is 0. The van der Waals surface area contributed by atoms with Gasteiger partial charge in [0.25, 0.3) is 5.92 Å². The van der Waals surface area contributed by atoms with Gasteiger partial charge in [0, 0.05) is 25.7 Å². The number of aldehydes is 1. The lowest BCUT2D eigenvalue weighted by Crippen LogP contribution is -2.27. The zero-order chi connectivity index (χ0) is 15.9. The Kier molecular flexibility index (Phi) is 6.27. The van der Waals surface area contributed by atoms with Gasteiger partial charge in [-0.25, -0.2) is 13.6 Å². The molecule has 0 aromatic heterocycles. The fourth-order valence-corrected chi connectivity index (χ4v) is 1.75. The predicted octanol–water partition coefficient (Wildman–Crippen LogP) is 2.91. The molecule has 0 fully saturated rings. The molecule has 0 amide bonds. The standard InChI is InChI=1S/C15H19F2NO3/c1-3-21-14(20)12-4-6-13(7-5-12)18(2)10-8-15(16,17)9-11-19/h4-7,11H,3,8-10H2,1-2H3. The van der Waals surface area contributed by atoms with Gasteiger partial charge in [0.05, 0.1) is 18.6 Å². The van der Waals surface area contributed by atoms with Crippen LogP contribution in [0, 0.1) is 0 Å². The van der Waals surface area contributed by atoms with Crippen molar-refractivity contribution in [3.63, 3.8) is 0 Å². The van der Waals surface area contributed by atoms with Crippen LogP contribution in [0.2, 0.25) is 0 Å². The normalized spacial score (nSPS) is 11.0. The third-order valence-electron chi connectivity index (χ3n) is 3.01. The largest absolute Gasteiger partial charge is 0.462 e. The third-order valence-corrected chi connectivity index (χ3v) is 3.01. The molecule has 0 radical (unpaired) electrons. The van der Waals surface area contributed by atoms with Crippen molar-refractivity contribution >= 4 is 17.9 Å². The Bertz CT molecular complexity index is 474. The minimum absolute atomic E-state index is 0.111. The van der Waals surface area contributed by atoms with Crippen molar-refractivity contribution in [3.05, 3.63) is 29.8 Å². The zero-order valence-corrected chi connectivity index (χ0v) is 12.1. The SMILES string of the molecule is CCOC(=O)c1ccc(N(C)CCC(F)(F)CC=O)cc1. The Labute approximate surface area is 122 Å². The van der Waals surface area contributed by atoms with E-state index in [4.69, 9.17) is 4.74 Å². The van der Waals surface area contributed by atoms with Gasteiger partial charge in [-0.05, 0) is 31.2 Å². The van der Waals surface area contributed by atoms with Gasteiger partial charge < -0.3 is 14.4 Å². The van der Waals surface area contributed by atoms with Crippen molar-refractivity contribution in [3.8, 4) is 0 Å². The molecule has 0 spiro atoms. The predicted molar refractivity (Wildman–Crippen MR) is 75.9 cm³/mol. The molecular weight excluding hydrogens is 280 g/mol. The van der Waals surface area contributed by atoms with Crippen molar-refractivity contribution in [1.29, 1.82) is 0 Å². The van der Waals surface area contributed by atoms with E-state index in [0.29, 0.717) is 17.9 Å². The first-order valence-electron chi connectivity index (χ1n) is 6.69. The van der Waals surface area contributed by atoms with Crippen molar-refractivity contribution in [2.45, 2.75) is 25.7 Å². The number of halogens is 2. The van der Waals surface area contributed by atoms with Crippen LogP contribution < -0.4 is 4.90 Å². The van der Waals surface area contributed by atoms with Crippen LogP contribution >= 0.6 is 0 Å². The van der Waals surface area contributed by atoms with Gasteiger partial charge in [0.15, 0.2) is 0 Å². The van der Waals surface area contributed by atoms with Gasteiger partial charge in [-0.15, -0.1) is 0 Å². The first kappa shape index (κ1) is 17.1. The van der Waals surface area contributed by atoms with Crippen LogP contribution in [0.4, 0.5) is 14.5 Å². The highest BCUT2D eigenvalue weighted by molar-refractivity contribution is 5.89. The van der Waals surface area contributed by atoms with Gasteiger partial charge in [-0.3, -0.25) is 0 Å². The summed E-state index contributed by atoms with van der Waals surface area (Å²) < 4.78 is 31.3. The van der Waals surface area contributed by atoms with Crippen LogP contribution in [-0.2, 0) is 9.53 Å². The molecule has 1 aromatic carbocycles. The van der Waals surface area contributed by atoms with Crippen LogP contribution in [0.5, 0.6) is 0 Å². The number of esters is 1. The van der Waals surface area contributed by atoms with Gasteiger partial charge in [0.1, 0.15) is 6.29 Å². The molecule has 0 aliphatic rings. The molecule has 0 atom stereocenters. The smallest absolute Gasteiger partial charge is 0.338 e. The zero-order valence-electron chi connectivity index (χ0n) is 12.1. The molecule has 0 aliphatic heterocycles. The third kappa shape index (κ3) is 5.49. The van der Waals surface area contributed by atoms with E-state index in [0.717, 1.165) is 0 Å². The highest BCUT2D eigenvalue weighted by atomic mass is 19.3. The maximum atomic E-state index is 13.2. The van der Waals surface area contributed by atoms with Crippen LogP contribution in [-0.4, -0.2) is 38.4 Å². The molecule has 21 heavy (non-hydrogen) atoms. The second kappa shape index (κ2) is 7.71. The lowest BCUT2D eigenvalue weighted by atomic mass is 10.1. The molecule has 0 bridgehead atoms. The summed E-state index contributed by atoms with van der Waals surface area (Å²) in [5, 5.41) is 0. The molecule has 0 N–H and O–H groups in total. The number of anilines is 1. The number of nitrogens with zero attached hydrogens (tertiary/aromatic N) is 1. The monoisotopic (exact) mass is 299 g/mol. The number of ether oxygens (including phenoxy) is 1. The first-order valence-corrected chi connectivity index (χ1v) is 6.69. The van der Waals surface area contributed by atoms with E-state index in [1.54, 1.807) is 43.1 Å². The minimum atomic E-state index is -2.99. The van der Waals surface area contributed by atoms with Crippen molar-refractivity contribution in [2.75, 3.05) is 25.1 Å². The fourth-order valence-electron chi connectivity index (χ4n) is 1.75. The molecule has 1 aromatic rings. The van der Waals surface area contributed by atoms with E-state index in [-0.39, 0.29) is 12.8 Å². The average Bonchev–Trinajstić information content (AvgIpc) is 2.45. The molecule has 1 rings (SSSR count). The van der Waals surface area contributed by atoms with E-state index >= 15 is 0 Å². The number of carbonyl (C=O) groups is 2. The number of benzene rings is 1. The van der Waals surface area contributed by atoms with Gasteiger partial charge >= 0.3 is 5.97 Å². The Morgan fingerprint density at radius 2 is 1.95 bits per heavy atom. The summed E-state index contributed by atoms with van der Waals surface area (Å²) in [4.78, 5) is 23.3. The fraction of sp³-hybridized carbons (Fsp3) is 0.467. The lowest BCUT2D eigenvalue weighted by molar-refractivity contribution is -0.114. The van der Waals surface area contributed by atoms with Gasteiger partial charge in [-0.2, -0.15) is 0 Å². The number of carbonyl (C=O) groups excluding carboxylic acids is 2. The summed E-state index contributed by atoms with van der Waals surface area (Å²) in [6.45, 7) is 2.13. The summed E-state index contributed by atoms with van der Waals surface area (Å²) in [5.41, 5.74) is 1.13. The van der Waals surface area contributed by atoms with Crippen molar-refractivity contribution in [2.24, 2.45) is 0 Å². The summed E-state index contributed by atoms with van der Waals surface area (Å²) in [6, 6.07) is 6.52. The molecule has 4 nitrogen and oxygen atoms in total. The Morgan fingerprint density at radius 1 is 1.33 bits per heavy atom. The lowest BCUT2D eigenvalue weighted by Gasteiger charge is -2.22. The average molecular weight is 299 g/mol. The molecule has 0 saturated carbocycles. The highest BCUT2D eigenvalue weighted by Gasteiger charge is 2.28. The number of alkyl halides is 2. The minimum Gasteiger partial charge on any atom is -0.462 e. The molecule has 116 valence electrons. The first-order chi connectivity index (χ1) is 9.89. The van der Waals surface area contributed by atoms with Gasteiger partial charge in [-0.1, -0.05) is 0 Å². The molecule has 6 heteroatoms. The Hall–Kier alpha value is -1.98. The summed E-state index contributed by atoms with van der Waals surface area (Å²) in [5.74, 6) is -3.40. The highest BCUT2D eigenvalue weighted by Crippen LogP contribution is 2.23. The van der Waals surface area contributed by atoms with E-state index in [2.05, 4.69) is 0 Å². The summed E-state index contributed by atoms with van der Waals surface area (Å²) >= 11 is 0. The molecule has 0 saturated heterocycles. The van der Waals surface area contributed by atoms with Crippen LogP contribution in [0.3, 0.4) is 0 Å². The van der Waals surface area contributed by atoms with Crippen molar-refractivity contribution < 1.29 is 23.1 Å². The van der Waals surface area contributed by atoms with E-state index < -0.39 is 24.7 Å². The van der Waals surface area contributed by atoms with Crippen LogP contribution in [0.1, 0.15) is 30.1 Å². The van der Waals surface area contributed by atoms with Crippen LogP contribution in [0.15, 0.2) is 24.3 Å². The molecule has 0 unspecified atom stereocenters. The van der Waals surface area contributed by atoms with E-state index in [9.17, 15) is 18.4 Å². The topological polar surface area (TPSA) is 46.6 Å². The second-order valence-electron chi connectivity index (χ2n) is 4.67. The molecular formula is C15H19F2NO3. The Balaban J connectivity index is 2.61. The van der Waals surface area contributed by atoms with Crippen LogP contribution in [0.25, 0.3) is 0 Å². The number of rotatable bonds is 8. The van der Waals surface area contributed by atoms with Gasteiger partial charge in [0.2, 0.25) is 0 Å². The Morgan fingerprint density at radius 3 is 2.48 bits per heavy atom. The number of hydrogen-bond acceptors (Lipinski definition) is 4.